The van der Waals surface area contributed by atoms with E-state index in [4.69, 9.17) is 0 Å². The molecular weight excluding hydrogens is 304 g/mol. The van der Waals surface area contributed by atoms with Gasteiger partial charge in [-0.2, -0.15) is 0 Å². The van der Waals surface area contributed by atoms with Crippen LogP contribution in [0.5, 0.6) is 0 Å². The number of aromatic nitrogens is 2. The molecule has 0 unspecified atom stereocenters. The van der Waals surface area contributed by atoms with E-state index in [1.165, 1.54) is 6.20 Å². The molecule has 2 aromatic heterocycles. The lowest BCUT2D eigenvalue weighted by atomic mass is 9.93. The van der Waals surface area contributed by atoms with Gasteiger partial charge in [-0.3, -0.25) is 19.5 Å². The predicted octanol–water partition coefficient (Wildman–Crippen LogP) is 1.41. The summed E-state index contributed by atoms with van der Waals surface area (Å²) in [5, 5.41) is 3.01. The van der Waals surface area contributed by atoms with Crippen LogP contribution in [-0.4, -0.2) is 39.9 Å². The third-order valence-electron chi connectivity index (χ3n) is 4.48. The molecule has 2 atom stereocenters. The van der Waals surface area contributed by atoms with Crippen molar-refractivity contribution in [2.75, 3.05) is 13.1 Å². The summed E-state index contributed by atoms with van der Waals surface area (Å²) in [7, 11) is 0. The number of piperidine rings is 1. The zero-order chi connectivity index (χ0) is 16.9. The maximum atomic E-state index is 12.3. The summed E-state index contributed by atoms with van der Waals surface area (Å²) in [5.74, 6) is 0.0149. The number of amides is 1. The van der Waals surface area contributed by atoms with Gasteiger partial charge < -0.3 is 10.3 Å². The molecule has 0 bridgehead atoms. The molecule has 1 aliphatic rings. The highest BCUT2D eigenvalue weighted by atomic mass is 16.2. The summed E-state index contributed by atoms with van der Waals surface area (Å²) < 4.78 is 0. The molecule has 2 N–H and O–H groups in total. The van der Waals surface area contributed by atoms with Crippen LogP contribution in [0.2, 0.25) is 0 Å². The van der Waals surface area contributed by atoms with Crippen LogP contribution >= 0.6 is 0 Å². The first kappa shape index (κ1) is 16.4. The number of nitrogens with one attached hydrogen (secondary N) is 2. The van der Waals surface area contributed by atoms with Gasteiger partial charge in [0.15, 0.2) is 0 Å². The number of nitrogens with zero attached hydrogens (tertiary/aromatic N) is 2. The lowest BCUT2D eigenvalue weighted by molar-refractivity contribution is 0.0858. The van der Waals surface area contributed by atoms with Crippen molar-refractivity contribution in [3.05, 3.63) is 64.3 Å². The summed E-state index contributed by atoms with van der Waals surface area (Å²) in [5.41, 5.74) is 0.874. The number of hydrogen-bond acceptors (Lipinski definition) is 4. The van der Waals surface area contributed by atoms with Crippen LogP contribution in [0.1, 0.15) is 29.4 Å². The molecule has 126 valence electrons. The molecule has 0 spiro atoms. The van der Waals surface area contributed by atoms with Crippen molar-refractivity contribution >= 4 is 5.91 Å². The Morgan fingerprint density at radius 1 is 1.38 bits per heavy atom. The summed E-state index contributed by atoms with van der Waals surface area (Å²) in [4.78, 5) is 33.3. The summed E-state index contributed by atoms with van der Waals surface area (Å²) >= 11 is 0. The third-order valence-corrected chi connectivity index (χ3v) is 4.48. The van der Waals surface area contributed by atoms with E-state index in [0.29, 0.717) is 5.92 Å². The number of rotatable bonds is 4. The molecule has 0 saturated carbocycles. The van der Waals surface area contributed by atoms with Crippen molar-refractivity contribution in [3.8, 4) is 0 Å². The average Bonchev–Trinajstić information content (AvgIpc) is 2.58. The van der Waals surface area contributed by atoms with E-state index in [1.807, 2.05) is 24.4 Å². The zero-order valence-corrected chi connectivity index (χ0v) is 13.7. The largest absolute Gasteiger partial charge is 0.349 e. The number of pyridine rings is 2. The van der Waals surface area contributed by atoms with Gasteiger partial charge >= 0.3 is 0 Å². The van der Waals surface area contributed by atoms with Gasteiger partial charge in [0.05, 0.1) is 5.69 Å². The van der Waals surface area contributed by atoms with E-state index in [9.17, 15) is 9.59 Å². The summed E-state index contributed by atoms with van der Waals surface area (Å²) in [6.45, 7) is 4.75. The monoisotopic (exact) mass is 326 g/mol. The van der Waals surface area contributed by atoms with Crippen molar-refractivity contribution in [2.45, 2.75) is 25.9 Å². The van der Waals surface area contributed by atoms with Crippen LogP contribution in [0.3, 0.4) is 0 Å². The number of hydrogen-bond donors (Lipinski definition) is 2. The van der Waals surface area contributed by atoms with Gasteiger partial charge in [0.1, 0.15) is 5.56 Å². The Balaban J connectivity index is 1.57. The molecule has 24 heavy (non-hydrogen) atoms. The first-order valence-electron chi connectivity index (χ1n) is 8.24. The molecule has 1 amide bonds. The Bertz CT molecular complexity index is 744. The SMILES string of the molecule is C[C@H]1CN(Cc2ccccn2)CC[C@@H]1NC(=O)c1ccc[nH]c1=O. The van der Waals surface area contributed by atoms with Gasteiger partial charge in [0.2, 0.25) is 0 Å². The Morgan fingerprint density at radius 2 is 2.25 bits per heavy atom. The van der Waals surface area contributed by atoms with Gasteiger partial charge in [-0.15, -0.1) is 0 Å². The maximum Gasteiger partial charge on any atom is 0.260 e. The topological polar surface area (TPSA) is 78.1 Å². The minimum absolute atomic E-state index is 0.0806. The van der Waals surface area contributed by atoms with Gasteiger partial charge in [-0.05, 0) is 36.6 Å². The maximum absolute atomic E-state index is 12.3. The van der Waals surface area contributed by atoms with Crippen LogP contribution in [-0.2, 0) is 6.54 Å². The van der Waals surface area contributed by atoms with Gasteiger partial charge in [-0.1, -0.05) is 13.0 Å². The minimum Gasteiger partial charge on any atom is -0.349 e. The highest BCUT2D eigenvalue weighted by Gasteiger charge is 2.28. The molecule has 6 heteroatoms. The summed E-state index contributed by atoms with van der Waals surface area (Å²) in [6, 6.07) is 9.23. The Morgan fingerprint density at radius 3 is 2.96 bits per heavy atom. The molecule has 1 saturated heterocycles. The van der Waals surface area contributed by atoms with Crippen molar-refractivity contribution in [3.63, 3.8) is 0 Å². The fourth-order valence-electron chi connectivity index (χ4n) is 3.16. The third kappa shape index (κ3) is 3.89. The predicted molar refractivity (Wildman–Crippen MR) is 91.6 cm³/mol. The first-order valence-corrected chi connectivity index (χ1v) is 8.24. The molecular formula is C18H22N4O2. The van der Waals surface area contributed by atoms with Crippen LogP contribution in [0.25, 0.3) is 0 Å². The Hall–Kier alpha value is -2.47. The molecule has 0 aliphatic carbocycles. The second kappa shape index (κ2) is 7.40. The fourth-order valence-corrected chi connectivity index (χ4v) is 3.16. The standard InChI is InChI=1S/C18H22N4O2/c1-13-11-22(12-14-5-2-3-8-19-14)10-7-16(13)21-18(24)15-6-4-9-20-17(15)23/h2-6,8-9,13,16H,7,10-12H2,1H3,(H,20,23)(H,21,24)/t13-,16-/m0/s1. The van der Waals surface area contributed by atoms with Crippen molar-refractivity contribution in [1.82, 2.24) is 20.2 Å². The highest BCUT2D eigenvalue weighted by Crippen LogP contribution is 2.18. The van der Waals surface area contributed by atoms with Gasteiger partial charge in [0.25, 0.3) is 11.5 Å². The van der Waals surface area contributed by atoms with Crippen LogP contribution in [0.4, 0.5) is 0 Å². The molecule has 6 nitrogen and oxygen atoms in total. The van der Waals surface area contributed by atoms with E-state index in [2.05, 4.69) is 27.1 Å². The van der Waals surface area contributed by atoms with E-state index >= 15 is 0 Å². The van der Waals surface area contributed by atoms with Crippen molar-refractivity contribution in [2.24, 2.45) is 5.92 Å². The van der Waals surface area contributed by atoms with Crippen molar-refractivity contribution < 1.29 is 4.79 Å². The smallest absolute Gasteiger partial charge is 0.260 e. The van der Waals surface area contributed by atoms with E-state index in [1.54, 1.807) is 12.1 Å². The second-order valence-corrected chi connectivity index (χ2v) is 6.32. The zero-order valence-electron chi connectivity index (χ0n) is 13.7. The normalized spacial score (nSPS) is 21.4. The van der Waals surface area contributed by atoms with Crippen LogP contribution in [0.15, 0.2) is 47.5 Å². The molecule has 1 fully saturated rings. The average molecular weight is 326 g/mol. The molecule has 1 aliphatic heterocycles. The molecule has 3 rings (SSSR count). The summed E-state index contributed by atoms with van der Waals surface area (Å²) in [6.07, 6.45) is 4.20. The highest BCUT2D eigenvalue weighted by molar-refractivity contribution is 5.93. The number of carbonyl (C=O) groups excluding carboxylic acids is 1. The Kier molecular flexibility index (Phi) is 5.05. The molecule has 0 radical (unpaired) electrons. The number of carbonyl (C=O) groups is 1. The quantitative estimate of drug-likeness (QED) is 0.890. The lowest BCUT2D eigenvalue weighted by Gasteiger charge is -2.37. The fraction of sp³-hybridized carbons (Fsp3) is 0.389. The minimum atomic E-state index is -0.352. The van der Waals surface area contributed by atoms with Gasteiger partial charge in [-0.25, -0.2) is 0 Å². The van der Waals surface area contributed by atoms with E-state index < -0.39 is 0 Å². The van der Waals surface area contributed by atoms with E-state index in [0.717, 1.165) is 31.7 Å². The molecule has 3 heterocycles. The second-order valence-electron chi connectivity index (χ2n) is 6.32. The van der Waals surface area contributed by atoms with Crippen LogP contribution < -0.4 is 10.9 Å². The lowest BCUT2D eigenvalue weighted by Crippen LogP contribution is -2.50. The first-order chi connectivity index (χ1) is 11.6. The number of likely N-dealkylation sites (tertiary alicyclic amines) is 1. The van der Waals surface area contributed by atoms with Crippen LogP contribution in [0, 0.1) is 5.92 Å². The Labute approximate surface area is 140 Å². The number of H-pyrrole nitrogens is 1. The number of aromatic amines is 1. The van der Waals surface area contributed by atoms with Crippen molar-refractivity contribution in [1.29, 1.82) is 0 Å². The van der Waals surface area contributed by atoms with Gasteiger partial charge in [0, 0.05) is 38.1 Å². The van der Waals surface area contributed by atoms with E-state index in [-0.39, 0.29) is 23.1 Å². The molecule has 0 aromatic carbocycles. The molecule has 2 aromatic rings.